The first-order valence-corrected chi connectivity index (χ1v) is 10.1. The van der Waals surface area contributed by atoms with Crippen molar-refractivity contribution < 1.29 is 22.7 Å². The summed E-state index contributed by atoms with van der Waals surface area (Å²) in [5, 5.41) is 1.68. The molecule has 0 saturated heterocycles. The summed E-state index contributed by atoms with van der Waals surface area (Å²) in [4.78, 5) is 12.2. The minimum atomic E-state index is -3.65. The highest BCUT2D eigenvalue weighted by atomic mass is 79.9. The van der Waals surface area contributed by atoms with Crippen molar-refractivity contribution in [3.8, 4) is 5.75 Å². The van der Waals surface area contributed by atoms with Crippen LogP contribution in [0, 0.1) is 0 Å². The zero-order valence-corrected chi connectivity index (χ0v) is 15.4. The molecule has 1 aromatic carbocycles. The van der Waals surface area contributed by atoms with Crippen LogP contribution >= 0.6 is 27.3 Å². The number of rotatable bonds is 4. The van der Waals surface area contributed by atoms with Crippen LogP contribution in [0.25, 0.3) is 0 Å². The number of fused-ring (bicyclic) bond motifs is 1. The number of thiophene rings is 1. The van der Waals surface area contributed by atoms with Gasteiger partial charge in [0, 0.05) is 10.9 Å². The molecular weight excluding hydrogens is 404 g/mol. The summed E-state index contributed by atoms with van der Waals surface area (Å²) in [7, 11) is -2.38. The van der Waals surface area contributed by atoms with E-state index in [-0.39, 0.29) is 10.6 Å². The van der Waals surface area contributed by atoms with Gasteiger partial charge in [-0.25, -0.2) is 13.2 Å². The average molecular weight is 417 g/mol. The Labute approximate surface area is 146 Å². The standard InChI is InChI=1S/C15H13BrO5S2/c1-20-15(17)14-10(3-5-22-14)8-23(18,19)12-7-11(16)6-9-2-4-21-13(9)12/h3,5-7H,2,4,8H2,1H3. The SMILES string of the molecule is COC(=O)c1sccc1CS(=O)(=O)c1cc(Br)cc2c1OCC2. The van der Waals surface area contributed by atoms with Crippen LogP contribution in [0.3, 0.4) is 0 Å². The van der Waals surface area contributed by atoms with E-state index in [1.807, 2.05) is 6.07 Å². The number of halogens is 1. The third kappa shape index (κ3) is 3.15. The molecule has 0 bridgehead atoms. The highest BCUT2D eigenvalue weighted by molar-refractivity contribution is 9.10. The molecule has 0 atom stereocenters. The summed E-state index contributed by atoms with van der Waals surface area (Å²) in [5.74, 6) is -0.378. The van der Waals surface area contributed by atoms with Gasteiger partial charge in [0.25, 0.3) is 0 Å². The third-order valence-corrected chi connectivity index (χ3v) is 6.57. The van der Waals surface area contributed by atoms with E-state index < -0.39 is 15.8 Å². The summed E-state index contributed by atoms with van der Waals surface area (Å²) in [6.07, 6.45) is 0.684. The highest BCUT2D eigenvalue weighted by Crippen LogP contribution is 2.37. The van der Waals surface area contributed by atoms with Crippen LogP contribution in [0.4, 0.5) is 0 Å². The average Bonchev–Trinajstić information content (AvgIpc) is 3.13. The van der Waals surface area contributed by atoms with Crippen LogP contribution in [-0.2, 0) is 26.7 Å². The van der Waals surface area contributed by atoms with E-state index in [2.05, 4.69) is 15.9 Å². The van der Waals surface area contributed by atoms with Gasteiger partial charge in [0.2, 0.25) is 0 Å². The van der Waals surface area contributed by atoms with Gasteiger partial charge >= 0.3 is 5.97 Å². The van der Waals surface area contributed by atoms with Crippen LogP contribution in [0.1, 0.15) is 20.8 Å². The van der Waals surface area contributed by atoms with Crippen LogP contribution in [0.2, 0.25) is 0 Å². The summed E-state index contributed by atoms with van der Waals surface area (Å²) in [5.41, 5.74) is 1.31. The fourth-order valence-corrected chi connectivity index (χ4v) is 5.64. The van der Waals surface area contributed by atoms with Gasteiger partial charge in [0.1, 0.15) is 15.5 Å². The molecule has 3 rings (SSSR count). The Morgan fingerprint density at radius 2 is 2.22 bits per heavy atom. The Bertz CT molecular complexity index is 870. The van der Waals surface area contributed by atoms with Gasteiger partial charge < -0.3 is 9.47 Å². The number of sulfone groups is 1. The van der Waals surface area contributed by atoms with Gasteiger partial charge in [-0.1, -0.05) is 15.9 Å². The van der Waals surface area contributed by atoms with Gasteiger partial charge in [0.05, 0.1) is 19.5 Å². The molecule has 0 aliphatic carbocycles. The van der Waals surface area contributed by atoms with Gasteiger partial charge in [-0.2, -0.15) is 0 Å². The largest absolute Gasteiger partial charge is 0.492 e. The predicted octanol–water partition coefficient (Wildman–Crippen LogP) is 3.21. The maximum atomic E-state index is 12.8. The van der Waals surface area contributed by atoms with Gasteiger partial charge in [0.15, 0.2) is 9.84 Å². The number of benzene rings is 1. The molecule has 5 nitrogen and oxygen atoms in total. The number of carbonyl (C=O) groups excluding carboxylic acids is 1. The lowest BCUT2D eigenvalue weighted by Gasteiger charge is -2.10. The number of methoxy groups -OCH3 is 1. The number of ether oxygens (including phenoxy) is 2. The van der Waals surface area contributed by atoms with Crippen molar-refractivity contribution in [2.45, 2.75) is 17.1 Å². The lowest BCUT2D eigenvalue weighted by atomic mass is 10.2. The molecule has 0 radical (unpaired) electrons. The Morgan fingerprint density at radius 3 is 2.96 bits per heavy atom. The van der Waals surface area contributed by atoms with Gasteiger partial charge in [-0.15, -0.1) is 11.3 Å². The van der Waals surface area contributed by atoms with E-state index >= 15 is 0 Å². The first-order chi connectivity index (χ1) is 10.9. The molecule has 0 fully saturated rings. The summed E-state index contributed by atoms with van der Waals surface area (Å²) in [6, 6.07) is 5.04. The second-order valence-corrected chi connectivity index (χ2v) is 8.81. The molecule has 0 N–H and O–H groups in total. The Balaban J connectivity index is 2.01. The lowest BCUT2D eigenvalue weighted by Crippen LogP contribution is -2.10. The fourth-order valence-electron chi connectivity index (χ4n) is 2.47. The van der Waals surface area contributed by atoms with Crippen LogP contribution in [0.5, 0.6) is 5.75 Å². The van der Waals surface area contributed by atoms with Crippen molar-refractivity contribution in [3.05, 3.63) is 44.1 Å². The molecule has 23 heavy (non-hydrogen) atoms. The molecule has 1 aliphatic rings. The Hall–Kier alpha value is -1.38. The minimum absolute atomic E-state index is 0.154. The van der Waals surface area contributed by atoms with E-state index in [9.17, 15) is 13.2 Å². The number of hydrogen-bond donors (Lipinski definition) is 0. The van der Waals surface area contributed by atoms with Crippen molar-refractivity contribution in [3.63, 3.8) is 0 Å². The number of esters is 1. The molecule has 8 heteroatoms. The highest BCUT2D eigenvalue weighted by Gasteiger charge is 2.28. The molecular formula is C15H13BrO5S2. The van der Waals surface area contributed by atoms with Crippen LogP contribution < -0.4 is 4.74 Å². The molecule has 0 saturated carbocycles. The van der Waals surface area contributed by atoms with Crippen molar-refractivity contribution in [2.24, 2.45) is 0 Å². The van der Waals surface area contributed by atoms with Gasteiger partial charge in [-0.05, 0) is 34.7 Å². The second-order valence-electron chi connectivity index (χ2n) is 5.02. The first kappa shape index (κ1) is 16.5. The molecule has 122 valence electrons. The van der Waals surface area contributed by atoms with Crippen molar-refractivity contribution in [2.75, 3.05) is 13.7 Å². The maximum Gasteiger partial charge on any atom is 0.348 e. The first-order valence-electron chi connectivity index (χ1n) is 6.75. The molecule has 2 heterocycles. The zero-order valence-electron chi connectivity index (χ0n) is 12.2. The summed E-state index contributed by atoms with van der Waals surface area (Å²) < 4.78 is 36.5. The lowest BCUT2D eigenvalue weighted by molar-refractivity contribution is 0.0605. The number of hydrogen-bond acceptors (Lipinski definition) is 6. The molecule has 0 spiro atoms. The van der Waals surface area contributed by atoms with Crippen molar-refractivity contribution in [1.82, 2.24) is 0 Å². The smallest absolute Gasteiger partial charge is 0.348 e. The van der Waals surface area contributed by atoms with E-state index in [1.165, 1.54) is 18.4 Å². The summed E-state index contributed by atoms with van der Waals surface area (Å²) in [6.45, 7) is 0.472. The molecule has 1 aromatic heterocycles. The van der Waals surface area contributed by atoms with E-state index in [0.29, 0.717) is 33.7 Å². The fraction of sp³-hybridized carbons (Fsp3) is 0.267. The number of carbonyl (C=O) groups is 1. The van der Waals surface area contributed by atoms with Crippen LogP contribution in [-0.4, -0.2) is 28.1 Å². The Morgan fingerprint density at radius 1 is 1.43 bits per heavy atom. The zero-order chi connectivity index (χ0) is 16.6. The molecule has 2 aromatic rings. The molecule has 0 unspecified atom stereocenters. The maximum absolute atomic E-state index is 12.8. The second kappa shape index (κ2) is 6.26. The van der Waals surface area contributed by atoms with E-state index in [0.717, 1.165) is 5.56 Å². The minimum Gasteiger partial charge on any atom is -0.492 e. The van der Waals surface area contributed by atoms with Crippen molar-refractivity contribution >= 4 is 43.1 Å². The molecule has 1 aliphatic heterocycles. The van der Waals surface area contributed by atoms with Crippen molar-refractivity contribution in [1.29, 1.82) is 0 Å². The summed E-state index contributed by atoms with van der Waals surface area (Å²) >= 11 is 4.51. The Kier molecular flexibility index (Phi) is 4.48. The van der Waals surface area contributed by atoms with E-state index in [4.69, 9.17) is 9.47 Å². The predicted molar refractivity (Wildman–Crippen MR) is 89.9 cm³/mol. The van der Waals surface area contributed by atoms with Gasteiger partial charge in [-0.3, -0.25) is 0 Å². The molecule has 0 amide bonds. The van der Waals surface area contributed by atoms with E-state index in [1.54, 1.807) is 17.5 Å². The topological polar surface area (TPSA) is 69.7 Å². The normalized spacial score (nSPS) is 13.5. The van der Waals surface area contributed by atoms with Crippen LogP contribution in [0.15, 0.2) is 32.9 Å². The quantitative estimate of drug-likeness (QED) is 0.715. The monoisotopic (exact) mass is 416 g/mol. The third-order valence-electron chi connectivity index (χ3n) is 3.51.